The second kappa shape index (κ2) is 5.13. The van der Waals surface area contributed by atoms with E-state index in [0.29, 0.717) is 13.0 Å². The van der Waals surface area contributed by atoms with E-state index in [2.05, 4.69) is 0 Å². The van der Waals surface area contributed by atoms with E-state index in [4.69, 9.17) is 0 Å². The molecule has 0 aliphatic carbocycles. The lowest BCUT2D eigenvalue weighted by molar-refractivity contribution is -0.117. The van der Waals surface area contributed by atoms with Gasteiger partial charge in [0.05, 0.1) is 0 Å². The molecule has 1 aliphatic rings. The molecule has 0 radical (unpaired) electrons. The summed E-state index contributed by atoms with van der Waals surface area (Å²) in [4.78, 5) is 24.8. The van der Waals surface area contributed by atoms with Crippen molar-refractivity contribution in [2.45, 2.75) is 26.2 Å². The van der Waals surface area contributed by atoms with Crippen LogP contribution in [0.1, 0.15) is 35.7 Å². The van der Waals surface area contributed by atoms with Gasteiger partial charge in [-0.05, 0) is 31.4 Å². The predicted octanol–water partition coefficient (Wildman–Crippen LogP) is 2.05. The largest absolute Gasteiger partial charge is 0.338 e. The number of amides is 1. The third-order valence-corrected chi connectivity index (χ3v) is 3.14. The Morgan fingerprint density at radius 1 is 1.35 bits per heavy atom. The Balaban J connectivity index is 2.00. The van der Waals surface area contributed by atoms with Crippen molar-refractivity contribution in [2.24, 2.45) is 0 Å². The van der Waals surface area contributed by atoms with Crippen molar-refractivity contribution in [3.63, 3.8) is 0 Å². The van der Waals surface area contributed by atoms with Crippen LogP contribution in [0.5, 0.6) is 0 Å². The van der Waals surface area contributed by atoms with Crippen LogP contribution in [0.25, 0.3) is 0 Å². The van der Waals surface area contributed by atoms with Crippen LogP contribution in [-0.4, -0.2) is 29.7 Å². The Morgan fingerprint density at radius 2 is 2.12 bits per heavy atom. The number of fused-ring (bicyclic) bond motifs is 1. The van der Waals surface area contributed by atoms with Gasteiger partial charge < -0.3 is 9.69 Å². The van der Waals surface area contributed by atoms with Crippen molar-refractivity contribution >= 4 is 11.7 Å². The Bertz CT molecular complexity index is 440. The average molecular weight is 231 g/mol. The molecule has 0 spiro atoms. The fourth-order valence-corrected chi connectivity index (χ4v) is 2.21. The summed E-state index contributed by atoms with van der Waals surface area (Å²) in [6.07, 6.45) is 2.25. The molecule has 0 saturated heterocycles. The highest BCUT2D eigenvalue weighted by Gasteiger charge is 2.22. The lowest BCUT2D eigenvalue weighted by Gasteiger charge is -2.28. The summed E-state index contributed by atoms with van der Waals surface area (Å²) in [6.45, 7) is 3.05. The molecule has 1 amide bonds. The van der Waals surface area contributed by atoms with Crippen molar-refractivity contribution in [1.29, 1.82) is 0 Å². The molecule has 0 fully saturated rings. The fourth-order valence-electron chi connectivity index (χ4n) is 2.21. The van der Waals surface area contributed by atoms with Gasteiger partial charge in [0.25, 0.3) is 5.91 Å². The molecular weight excluding hydrogens is 214 g/mol. The van der Waals surface area contributed by atoms with E-state index in [1.54, 1.807) is 6.92 Å². The Labute approximate surface area is 101 Å². The molecule has 1 aliphatic heterocycles. The van der Waals surface area contributed by atoms with E-state index in [0.717, 1.165) is 30.5 Å². The molecule has 0 saturated carbocycles. The van der Waals surface area contributed by atoms with Crippen LogP contribution >= 0.6 is 0 Å². The third-order valence-electron chi connectivity index (χ3n) is 3.14. The summed E-state index contributed by atoms with van der Waals surface area (Å²) in [5, 5.41) is 0. The maximum atomic E-state index is 12.1. The first-order valence-electron chi connectivity index (χ1n) is 6.05. The molecule has 0 aromatic heterocycles. The van der Waals surface area contributed by atoms with E-state index in [1.807, 2.05) is 29.2 Å². The highest BCUT2D eigenvalue weighted by Crippen LogP contribution is 2.18. The zero-order valence-corrected chi connectivity index (χ0v) is 10.1. The molecule has 3 heteroatoms. The van der Waals surface area contributed by atoms with Crippen molar-refractivity contribution in [2.75, 3.05) is 13.1 Å². The highest BCUT2D eigenvalue weighted by atomic mass is 16.2. The van der Waals surface area contributed by atoms with Gasteiger partial charge in [0.2, 0.25) is 0 Å². The number of hydrogen-bond donors (Lipinski definition) is 0. The lowest BCUT2D eigenvalue weighted by Crippen LogP contribution is -2.38. The van der Waals surface area contributed by atoms with Crippen LogP contribution in [0, 0.1) is 0 Å². The zero-order chi connectivity index (χ0) is 12.3. The fraction of sp³-hybridized carbons (Fsp3) is 0.429. The van der Waals surface area contributed by atoms with Crippen molar-refractivity contribution < 1.29 is 9.59 Å². The van der Waals surface area contributed by atoms with E-state index in [-0.39, 0.29) is 11.7 Å². The van der Waals surface area contributed by atoms with Gasteiger partial charge in [-0.1, -0.05) is 18.2 Å². The summed E-state index contributed by atoms with van der Waals surface area (Å²) >= 11 is 0. The standard InChI is InChI=1S/C14H17NO2/c1-11(16)5-4-9-15-10-8-12-6-2-3-7-13(12)14(15)17/h2-3,6-7H,4-5,8-10H2,1H3. The summed E-state index contributed by atoms with van der Waals surface area (Å²) in [5.74, 6) is 0.297. The van der Waals surface area contributed by atoms with Crippen LogP contribution in [0.15, 0.2) is 24.3 Å². The number of hydrogen-bond acceptors (Lipinski definition) is 2. The SMILES string of the molecule is CC(=O)CCCN1CCc2ccccc2C1=O. The van der Waals surface area contributed by atoms with Crippen molar-refractivity contribution in [1.82, 2.24) is 4.90 Å². The summed E-state index contributed by atoms with van der Waals surface area (Å²) in [6, 6.07) is 7.77. The zero-order valence-electron chi connectivity index (χ0n) is 10.1. The third kappa shape index (κ3) is 2.73. The first-order valence-corrected chi connectivity index (χ1v) is 6.05. The maximum Gasteiger partial charge on any atom is 0.254 e. The van der Waals surface area contributed by atoms with Gasteiger partial charge in [0, 0.05) is 25.1 Å². The molecular formula is C14H17NO2. The van der Waals surface area contributed by atoms with Crippen LogP contribution < -0.4 is 0 Å². The monoisotopic (exact) mass is 231 g/mol. The van der Waals surface area contributed by atoms with E-state index in [1.165, 1.54) is 0 Å². The molecule has 1 aromatic rings. The number of Topliss-reactive ketones (excluding diaryl/α,β-unsaturated/α-hetero) is 1. The number of carbonyl (C=O) groups excluding carboxylic acids is 2. The van der Waals surface area contributed by atoms with Gasteiger partial charge in [-0.2, -0.15) is 0 Å². The van der Waals surface area contributed by atoms with Crippen LogP contribution in [0.3, 0.4) is 0 Å². The Morgan fingerprint density at radius 3 is 2.88 bits per heavy atom. The molecule has 1 heterocycles. The number of nitrogens with zero attached hydrogens (tertiary/aromatic N) is 1. The summed E-state index contributed by atoms with van der Waals surface area (Å²) in [7, 11) is 0. The van der Waals surface area contributed by atoms with Crippen LogP contribution in [0.2, 0.25) is 0 Å². The lowest BCUT2D eigenvalue weighted by atomic mass is 9.99. The molecule has 17 heavy (non-hydrogen) atoms. The minimum Gasteiger partial charge on any atom is -0.338 e. The Kier molecular flexibility index (Phi) is 3.57. The number of rotatable bonds is 4. The molecule has 1 aromatic carbocycles. The topological polar surface area (TPSA) is 37.4 Å². The minimum atomic E-state index is 0.107. The minimum absolute atomic E-state index is 0.107. The quantitative estimate of drug-likeness (QED) is 0.795. The van der Waals surface area contributed by atoms with Crippen molar-refractivity contribution in [3.8, 4) is 0 Å². The second-order valence-corrected chi connectivity index (χ2v) is 4.50. The first kappa shape index (κ1) is 11.8. The van der Waals surface area contributed by atoms with Gasteiger partial charge in [0.1, 0.15) is 5.78 Å². The van der Waals surface area contributed by atoms with Crippen LogP contribution in [0.4, 0.5) is 0 Å². The molecule has 0 atom stereocenters. The van der Waals surface area contributed by atoms with Gasteiger partial charge in [0.15, 0.2) is 0 Å². The van der Waals surface area contributed by atoms with Gasteiger partial charge in [-0.25, -0.2) is 0 Å². The summed E-state index contributed by atoms with van der Waals surface area (Å²) < 4.78 is 0. The predicted molar refractivity (Wildman–Crippen MR) is 66.0 cm³/mol. The van der Waals surface area contributed by atoms with Crippen molar-refractivity contribution in [3.05, 3.63) is 35.4 Å². The second-order valence-electron chi connectivity index (χ2n) is 4.50. The first-order chi connectivity index (χ1) is 8.18. The highest BCUT2D eigenvalue weighted by molar-refractivity contribution is 5.96. The molecule has 0 unspecified atom stereocenters. The summed E-state index contributed by atoms with van der Waals surface area (Å²) in [5.41, 5.74) is 1.96. The molecule has 0 bridgehead atoms. The number of benzene rings is 1. The van der Waals surface area contributed by atoms with E-state index < -0.39 is 0 Å². The van der Waals surface area contributed by atoms with Gasteiger partial charge in [-0.15, -0.1) is 0 Å². The smallest absolute Gasteiger partial charge is 0.254 e. The normalized spacial score (nSPS) is 14.6. The maximum absolute atomic E-state index is 12.1. The van der Waals surface area contributed by atoms with E-state index in [9.17, 15) is 9.59 Å². The van der Waals surface area contributed by atoms with Crippen LogP contribution in [-0.2, 0) is 11.2 Å². The van der Waals surface area contributed by atoms with Gasteiger partial charge >= 0.3 is 0 Å². The molecule has 2 rings (SSSR count). The number of carbonyl (C=O) groups is 2. The molecule has 90 valence electrons. The van der Waals surface area contributed by atoms with E-state index >= 15 is 0 Å². The average Bonchev–Trinajstić information content (AvgIpc) is 2.32. The Hall–Kier alpha value is -1.64. The number of ketones is 1. The van der Waals surface area contributed by atoms with Gasteiger partial charge in [-0.3, -0.25) is 4.79 Å². The molecule has 0 N–H and O–H groups in total. The molecule has 3 nitrogen and oxygen atoms in total.